The van der Waals surface area contributed by atoms with Crippen molar-refractivity contribution in [2.45, 2.75) is 39.7 Å². The number of rotatable bonds is 6. The van der Waals surface area contributed by atoms with Crippen LogP contribution in [0.4, 0.5) is 0 Å². The molecule has 1 fully saturated rings. The Hall–Kier alpha value is -2.15. The summed E-state index contributed by atoms with van der Waals surface area (Å²) in [4.78, 5) is 18.1. The molecule has 136 valence electrons. The molecule has 1 aliphatic rings. The first-order valence-corrected chi connectivity index (χ1v) is 8.86. The lowest BCUT2D eigenvalue weighted by molar-refractivity contribution is -0.119. The summed E-state index contributed by atoms with van der Waals surface area (Å²) >= 11 is 0. The molecule has 2 atom stereocenters. The number of hydrogen-bond acceptors (Lipinski definition) is 5. The normalized spacial score (nSPS) is 21.0. The summed E-state index contributed by atoms with van der Waals surface area (Å²) in [6.45, 7) is 9.05. The van der Waals surface area contributed by atoms with Gasteiger partial charge in [-0.3, -0.25) is 9.69 Å². The summed E-state index contributed by atoms with van der Waals surface area (Å²) in [5.74, 6) is 1.64. The largest absolute Gasteiger partial charge is 0.361 e. The van der Waals surface area contributed by atoms with Crippen LogP contribution in [0.2, 0.25) is 0 Å². The Balaban J connectivity index is 1.77. The van der Waals surface area contributed by atoms with Crippen LogP contribution in [0.3, 0.4) is 0 Å². The molecule has 25 heavy (non-hydrogen) atoms. The van der Waals surface area contributed by atoms with E-state index in [9.17, 15) is 4.79 Å². The highest BCUT2D eigenvalue weighted by molar-refractivity contribution is 5.72. The summed E-state index contributed by atoms with van der Waals surface area (Å²) in [6, 6.07) is 0. The van der Waals surface area contributed by atoms with Crippen LogP contribution in [0, 0.1) is 12.8 Å². The first-order chi connectivity index (χ1) is 12.0. The summed E-state index contributed by atoms with van der Waals surface area (Å²) in [7, 11) is 2.03. The zero-order valence-corrected chi connectivity index (χ0v) is 15.5. The number of carbonyl (C=O) groups is 1. The van der Waals surface area contributed by atoms with Crippen LogP contribution in [-0.2, 0) is 24.8 Å². The highest BCUT2D eigenvalue weighted by Crippen LogP contribution is 2.33. The van der Waals surface area contributed by atoms with Crippen LogP contribution in [0.5, 0.6) is 0 Å². The van der Waals surface area contributed by atoms with Crippen molar-refractivity contribution in [3.8, 4) is 0 Å². The maximum atomic E-state index is 11.4. The molecule has 1 N–H and O–H groups in total. The van der Waals surface area contributed by atoms with Crippen molar-refractivity contribution in [1.29, 1.82) is 0 Å². The average Bonchev–Trinajstić information content (AvgIpc) is 3.26. The smallest absolute Gasteiger partial charge is 0.216 e. The van der Waals surface area contributed by atoms with E-state index in [-0.39, 0.29) is 5.91 Å². The Morgan fingerprint density at radius 1 is 1.44 bits per heavy atom. The number of nitrogens with one attached hydrogen (secondary N) is 1. The number of carbonyl (C=O) groups excluding carboxylic acids is 1. The lowest BCUT2D eigenvalue weighted by atomic mass is 9.93. The molecule has 1 saturated heterocycles. The standard InChI is InChI=1S/C18H27N5O2/c1-5-17-15(12(2)25-21-17)9-23-8-14(6-20-13(3)24)16(10-23)18-7-19-11-22(18)4/h7,11,14,16H,5-6,8-10H2,1-4H3,(H,20,24)/t14-,16-/m1/s1. The predicted octanol–water partition coefficient (Wildman–Crippen LogP) is 1.63. The lowest BCUT2D eigenvalue weighted by Crippen LogP contribution is -2.31. The van der Waals surface area contributed by atoms with Gasteiger partial charge in [0.2, 0.25) is 5.91 Å². The van der Waals surface area contributed by atoms with E-state index in [4.69, 9.17) is 4.52 Å². The molecule has 1 aliphatic heterocycles. The second kappa shape index (κ2) is 7.39. The average molecular weight is 345 g/mol. The van der Waals surface area contributed by atoms with Crippen molar-refractivity contribution in [2.24, 2.45) is 13.0 Å². The molecule has 0 aliphatic carbocycles. The number of aryl methyl sites for hydroxylation is 3. The minimum atomic E-state index is 0.0188. The maximum Gasteiger partial charge on any atom is 0.216 e. The first kappa shape index (κ1) is 17.7. The number of aromatic nitrogens is 3. The van der Waals surface area contributed by atoms with E-state index < -0.39 is 0 Å². The molecule has 2 aromatic heterocycles. The fourth-order valence-electron chi connectivity index (χ4n) is 3.77. The molecular weight excluding hydrogens is 318 g/mol. The van der Waals surface area contributed by atoms with Crippen LogP contribution in [0.25, 0.3) is 0 Å². The Morgan fingerprint density at radius 2 is 2.24 bits per heavy atom. The predicted molar refractivity (Wildman–Crippen MR) is 94.0 cm³/mol. The molecular formula is C18H27N5O2. The van der Waals surface area contributed by atoms with Gasteiger partial charge in [-0.2, -0.15) is 0 Å². The zero-order valence-electron chi connectivity index (χ0n) is 15.5. The van der Waals surface area contributed by atoms with E-state index in [1.807, 2.05) is 26.5 Å². The van der Waals surface area contributed by atoms with Crippen LogP contribution >= 0.6 is 0 Å². The van der Waals surface area contributed by atoms with Crippen molar-refractivity contribution in [3.63, 3.8) is 0 Å². The van der Waals surface area contributed by atoms with Crippen LogP contribution in [0.15, 0.2) is 17.0 Å². The third kappa shape index (κ3) is 3.76. The van der Waals surface area contributed by atoms with Gasteiger partial charge in [0.05, 0.1) is 12.0 Å². The second-order valence-electron chi connectivity index (χ2n) is 6.94. The number of likely N-dealkylation sites (tertiary alicyclic amines) is 1. The van der Waals surface area contributed by atoms with E-state index in [1.54, 1.807) is 6.92 Å². The van der Waals surface area contributed by atoms with E-state index in [1.165, 1.54) is 11.3 Å². The molecule has 0 radical (unpaired) electrons. The molecule has 2 aromatic rings. The van der Waals surface area contributed by atoms with Gasteiger partial charge < -0.3 is 14.4 Å². The summed E-state index contributed by atoms with van der Waals surface area (Å²) in [6.07, 6.45) is 4.66. The first-order valence-electron chi connectivity index (χ1n) is 8.86. The molecule has 7 nitrogen and oxygen atoms in total. The monoisotopic (exact) mass is 345 g/mol. The van der Waals surface area contributed by atoms with Crippen LogP contribution in [0.1, 0.15) is 42.5 Å². The van der Waals surface area contributed by atoms with Crippen LogP contribution < -0.4 is 5.32 Å². The summed E-state index contributed by atoms with van der Waals surface area (Å²) in [5.41, 5.74) is 3.46. The highest BCUT2D eigenvalue weighted by atomic mass is 16.5. The van der Waals surface area contributed by atoms with Gasteiger partial charge in [0.15, 0.2) is 0 Å². The highest BCUT2D eigenvalue weighted by Gasteiger charge is 2.36. The molecule has 0 saturated carbocycles. The van der Waals surface area contributed by atoms with E-state index in [2.05, 4.69) is 31.8 Å². The zero-order chi connectivity index (χ0) is 18.0. The van der Waals surface area contributed by atoms with Crippen molar-refractivity contribution in [3.05, 3.63) is 35.2 Å². The fraction of sp³-hybridized carbons (Fsp3) is 0.611. The third-order valence-corrected chi connectivity index (χ3v) is 5.15. The van der Waals surface area contributed by atoms with Crippen molar-refractivity contribution in [1.82, 2.24) is 24.9 Å². The topological polar surface area (TPSA) is 76.2 Å². The Labute approximate surface area is 148 Å². The quantitative estimate of drug-likeness (QED) is 0.861. The van der Waals surface area contributed by atoms with Gasteiger partial charge in [0.1, 0.15) is 5.76 Å². The molecule has 3 rings (SSSR count). The van der Waals surface area contributed by atoms with Crippen molar-refractivity contribution < 1.29 is 9.32 Å². The molecule has 1 amide bonds. The van der Waals surface area contributed by atoms with E-state index >= 15 is 0 Å². The minimum Gasteiger partial charge on any atom is -0.361 e. The molecule has 7 heteroatoms. The van der Waals surface area contributed by atoms with E-state index in [0.717, 1.165) is 37.5 Å². The number of amides is 1. The molecule has 0 bridgehead atoms. The molecule has 0 spiro atoms. The van der Waals surface area contributed by atoms with Crippen molar-refractivity contribution in [2.75, 3.05) is 19.6 Å². The second-order valence-corrected chi connectivity index (χ2v) is 6.94. The number of imidazole rings is 1. The Morgan fingerprint density at radius 3 is 2.88 bits per heavy atom. The van der Waals surface area contributed by atoms with E-state index in [0.29, 0.717) is 18.4 Å². The van der Waals surface area contributed by atoms with Gasteiger partial charge in [-0.25, -0.2) is 4.98 Å². The van der Waals surface area contributed by atoms with Gasteiger partial charge >= 0.3 is 0 Å². The SMILES string of the molecule is CCc1noc(C)c1CN1C[C@@H](CNC(C)=O)[C@H](c2cncn2C)C1. The van der Waals surface area contributed by atoms with Crippen LogP contribution in [-0.4, -0.2) is 45.1 Å². The lowest BCUT2D eigenvalue weighted by Gasteiger charge is -2.18. The fourth-order valence-corrected chi connectivity index (χ4v) is 3.77. The van der Waals surface area contributed by atoms with Crippen molar-refractivity contribution >= 4 is 5.91 Å². The molecule has 3 heterocycles. The van der Waals surface area contributed by atoms with Gasteiger partial charge in [0.25, 0.3) is 0 Å². The molecule has 0 aromatic carbocycles. The minimum absolute atomic E-state index is 0.0188. The van der Waals surface area contributed by atoms with Gasteiger partial charge in [-0.05, 0) is 19.3 Å². The maximum absolute atomic E-state index is 11.4. The molecule has 0 unspecified atom stereocenters. The number of hydrogen-bond donors (Lipinski definition) is 1. The van der Waals surface area contributed by atoms with Gasteiger partial charge in [-0.1, -0.05) is 12.1 Å². The summed E-state index contributed by atoms with van der Waals surface area (Å²) < 4.78 is 7.45. The third-order valence-electron chi connectivity index (χ3n) is 5.15. The Bertz CT molecular complexity index is 736. The summed E-state index contributed by atoms with van der Waals surface area (Å²) in [5, 5.41) is 7.15. The Kier molecular flexibility index (Phi) is 5.22. The van der Waals surface area contributed by atoms with Gasteiger partial charge in [-0.15, -0.1) is 0 Å². The number of nitrogens with zero attached hydrogens (tertiary/aromatic N) is 4. The van der Waals surface area contributed by atoms with Gasteiger partial charge in [0, 0.05) is 63.5 Å².